The van der Waals surface area contributed by atoms with Crippen molar-refractivity contribution in [1.82, 2.24) is 0 Å². The number of carbonyl (C=O) groups excluding carboxylic acids is 2. The van der Waals surface area contributed by atoms with E-state index in [1.54, 1.807) is 48.5 Å². The van der Waals surface area contributed by atoms with Crippen molar-refractivity contribution in [3.8, 4) is 0 Å². The van der Waals surface area contributed by atoms with E-state index in [1.165, 1.54) is 0 Å². The highest BCUT2D eigenvalue weighted by Crippen LogP contribution is 2.28. The summed E-state index contributed by atoms with van der Waals surface area (Å²) in [4.78, 5) is 24.5. The van der Waals surface area contributed by atoms with Crippen LogP contribution in [0.25, 0.3) is 0 Å². The lowest BCUT2D eigenvalue weighted by Gasteiger charge is -2.22. The molecule has 2 aromatic carbocycles. The minimum atomic E-state index is -0.762. The lowest BCUT2D eigenvalue weighted by Crippen LogP contribution is -2.48. The standard InChI is InChI=1S/C19H20ClN3O2/c20-14-5-3-13(4-6-14)17(24)22-15-7-9-16(10-8-15)23-18(25)19(21)11-1-2-12-19/h3-10H,1-2,11-12,21H2,(H,22,24)(H,23,25). The zero-order valence-corrected chi connectivity index (χ0v) is 14.5. The number of amides is 2. The van der Waals surface area contributed by atoms with Crippen LogP contribution in [0.15, 0.2) is 48.5 Å². The molecule has 0 saturated heterocycles. The van der Waals surface area contributed by atoms with Gasteiger partial charge in [-0.25, -0.2) is 0 Å². The maximum Gasteiger partial charge on any atom is 0.255 e. The molecule has 1 aliphatic carbocycles. The number of nitrogens with two attached hydrogens (primary N) is 1. The van der Waals surface area contributed by atoms with Crippen molar-refractivity contribution in [3.63, 3.8) is 0 Å². The van der Waals surface area contributed by atoms with Crippen molar-refractivity contribution >= 4 is 34.8 Å². The molecule has 1 saturated carbocycles. The van der Waals surface area contributed by atoms with Crippen LogP contribution in [0.1, 0.15) is 36.0 Å². The van der Waals surface area contributed by atoms with Crippen molar-refractivity contribution < 1.29 is 9.59 Å². The summed E-state index contributed by atoms with van der Waals surface area (Å²) in [5, 5.41) is 6.23. The number of hydrogen-bond acceptors (Lipinski definition) is 3. The first-order valence-corrected chi connectivity index (χ1v) is 8.61. The molecule has 4 N–H and O–H groups in total. The molecule has 25 heavy (non-hydrogen) atoms. The zero-order valence-electron chi connectivity index (χ0n) is 13.7. The third-order valence-electron chi connectivity index (χ3n) is 4.46. The van der Waals surface area contributed by atoms with Gasteiger partial charge in [-0.15, -0.1) is 0 Å². The van der Waals surface area contributed by atoms with Gasteiger partial charge >= 0.3 is 0 Å². The molecular weight excluding hydrogens is 338 g/mol. The molecule has 0 atom stereocenters. The summed E-state index contributed by atoms with van der Waals surface area (Å²) >= 11 is 5.82. The second-order valence-electron chi connectivity index (χ2n) is 6.36. The Hall–Kier alpha value is -2.37. The highest BCUT2D eigenvalue weighted by Gasteiger charge is 2.36. The molecule has 0 heterocycles. The third-order valence-corrected chi connectivity index (χ3v) is 4.71. The number of benzene rings is 2. The molecule has 0 aliphatic heterocycles. The van der Waals surface area contributed by atoms with E-state index >= 15 is 0 Å². The minimum absolute atomic E-state index is 0.150. The highest BCUT2D eigenvalue weighted by atomic mass is 35.5. The topological polar surface area (TPSA) is 84.2 Å². The van der Waals surface area contributed by atoms with Crippen LogP contribution in [0.4, 0.5) is 11.4 Å². The summed E-state index contributed by atoms with van der Waals surface area (Å²) in [5.41, 5.74) is 7.20. The average molecular weight is 358 g/mol. The van der Waals surface area contributed by atoms with Crippen LogP contribution in [-0.2, 0) is 4.79 Å². The first-order valence-electron chi connectivity index (χ1n) is 8.24. The predicted octanol–water partition coefficient (Wildman–Crippen LogP) is 3.80. The quantitative estimate of drug-likeness (QED) is 0.778. The highest BCUT2D eigenvalue weighted by molar-refractivity contribution is 6.30. The summed E-state index contributed by atoms with van der Waals surface area (Å²) in [6.07, 6.45) is 3.40. The second-order valence-corrected chi connectivity index (χ2v) is 6.79. The van der Waals surface area contributed by atoms with E-state index in [9.17, 15) is 9.59 Å². The van der Waals surface area contributed by atoms with Crippen molar-refractivity contribution in [1.29, 1.82) is 0 Å². The van der Waals surface area contributed by atoms with Crippen LogP contribution >= 0.6 is 11.6 Å². The first-order chi connectivity index (χ1) is 12.0. The van der Waals surface area contributed by atoms with Crippen molar-refractivity contribution in [2.45, 2.75) is 31.2 Å². The Morgan fingerprint density at radius 1 is 0.880 bits per heavy atom. The third kappa shape index (κ3) is 4.18. The molecule has 130 valence electrons. The molecule has 1 aliphatic rings. The van der Waals surface area contributed by atoms with E-state index in [-0.39, 0.29) is 11.8 Å². The number of anilines is 2. The van der Waals surface area contributed by atoms with Gasteiger partial charge < -0.3 is 16.4 Å². The summed E-state index contributed by atoms with van der Waals surface area (Å²) in [7, 11) is 0. The van der Waals surface area contributed by atoms with E-state index in [0.717, 1.165) is 12.8 Å². The average Bonchev–Trinajstić information content (AvgIpc) is 3.05. The molecule has 2 amide bonds. The van der Waals surface area contributed by atoms with E-state index in [0.29, 0.717) is 34.8 Å². The summed E-state index contributed by atoms with van der Waals surface area (Å²) in [5.74, 6) is -0.372. The lowest BCUT2D eigenvalue weighted by atomic mass is 9.98. The number of halogens is 1. The van der Waals surface area contributed by atoms with Crippen LogP contribution in [0.3, 0.4) is 0 Å². The van der Waals surface area contributed by atoms with Gasteiger partial charge in [-0.3, -0.25) is 9.59 Å². The Morgan fingerprint density at radius 2 is 1.40 bits per heavy atom. The van der Waals surface area contributed by atoms with Crippen LogP contribution in [0, 0.1) is 0 Å². The molecule has 3 rings (SSSR count). The fourth-order valence-electron chi connectivity index (χ4n) is 2.93. The van der Waals surface area contributed by atoms with E-state index in [1.807, 2.05) is 0 Å². The Labute approximate surface area is 151 Å². The normalized spacial score (nSPS) is 15.6. The van der Waals surface area contributed by atoms with Gasteiger partial charge in [0.15, 0.2) is 0 Å². The van der Waals surface area contributed by atoms with E-state index < -0.39 is 5.54 Å². The Morgan fingerprint density at radius 3 is 1.96 bits per heavy atom. The fraction of sp³-hybridized carbons (Fsp3) is 0.263. The van der Waals surface area contributed by atoms with Gasteiger partial charge in [0.05, 0.1) is 5.54 Å². The fourth-order valence-corrected chi connectivity index (χ4v) is 3.06. The Kier molecular flexibility index (Phi) is 5.06. The van der Waals surface area contributed by atoms with Crippen molar-refractivity contribution in [2.24, 2.45) is 5.73 Å². The van der Waals surface area contributed by atoms with Gasteiger partial charge in [0.1, 0.15) is 0 Å². The SMILES string of the molecule is NC1(C(=O)Nc2ccc(NC(=O)c3ccc(Cl)cc3)cc2)CCCC1. The predicted molar refractivity (Wildman–Crippen MR) is 99.9 cm³/mol. The number of nitrogens with one attached hydrogen (secondary N) is 2. The Bertz CT molecular complexity index is 766. The largest absolute Gasteiger partial charge is 0.324 e. The van der Waals surface area contributed by atoms with E-state index in [2.05, 4.69) is 10.6 Å². The number of hydrogen-bond donors (Lipinski definition) is 3. The molecule has 0 bridgehead atoms. The summed E-state index contributed by atoms with van der Waals surface area (Å²) in [6, 6.07) is 13.6. The van der Waals surface area contributed by atoms with Gasteiger partial charge in [-0.2, -0.15) is 0 Å². The van der Waals surface area contributed by atoms with Gasteiger partial charge in [-0.05, 0) is 61.4 Å². The maximum atomic E-state index is 12.3. The second kappa shape index (κ2) is 7.25. The monoisotopic (exact) mass is 357 g/mol. The maximum absolute atomic E-state index is 12.3. The Balaban J connectivity index is 1.61. The first kappa shape index (κ1) is 17.5. The molecule has 5 nitrogen and oxygen atoms in total. The smallest absolute Gasteiger partial charge is 0.255 e. The van der Waals surface area contributed by atoms with Crippen LogP contribution in [0.2, 0.25) is 5.02 Å². The van der Waals surface area contributed by atoms with Gasteiger partial charge in [0, 0.05) is 22.0 Å². The molecule has 0 unspecified atom stereocenters. The van der Waals surface area contributed by atoms with Crippen LogP contribution in [0.5, 0.6) is 0 Å². The van der Waals surface area contributed by atoms with E-state index in [4.69, 9.17) is 17.3 Å². The van der Waals surface area contributed by atoms with Crippen molar-refractivity contribution in [3.05, 3.63) is 59.1 Å². The number of rotatable bonds is 4. The van der Waals surface area contributed by atoms with Crippen molar-refractivity contribution in [2.75, 3.05) is 10.6 Å². The van der Waals surface area contributed by atoms with Gasteiger partial charge in [0.2, 0.25) is 5.91 Å². The molecular formula is C19H20ClN3O2. The molecule has 2 aromatic rings. The lowest BCUT2D eigenvalue weighted by molar-refractivity contribution is -0.121. The molecule has 0 radical (unpaired) electrons. The molecule has 0 aromatic heterocycles. The number of carbonyl (C=O) groups is 2. The molecule has 6 heteroatoms. The zero-order chi connectivity index (χ0) is 17.9. The summed E-state index contributed by atoms with van der Waals surface area (Å²) < 4.78 is 0. The molecule has 0 spiro atoms. The van der Waals surface area contributed by atoms with Crippen LogP contribution < -0.4 is 16.4 Å². The van der Waals surface area contributed by atoms with Gasteiger partial charge in [-0.1, -0.05) is 24.4 Å². The summed E-state index contributed by atoms with van der Waals surface area (Å²) in [6.45, 7) is 0. The van der Waals surface area contributed by atoms with Gasteiger partial charge in [0.25, 0.3) is 5.91 Å². The minimum Gasteiger partial charge on any atom is -0.324 e. The molecule has 1 fully saturated rings. The van der Waals surface area contributed by atoms with Crippen LogP contribution in [-0.4, -0.2) is 17.4 Å².